The highest BCUT2D eigenvalue weighted by atomic mass is 16.5. The first-order valence-corrected chi connectivity index (χ1v) is 8.29. The van der Waals surface area contributed by atoms with E-state index in [4.69, 9.17) is 4.74 Å². The van der Waals surface area contributed by atoms with Crippen LogP contribution < -0.4 is 10.1 Å². The van der Waals surface area contributed by atoms with Crippen LogP contribution in [0.2, 0.25) is 0 Å². The van der Waals surface area contributed by atoms with Crippen molar-refractivity contribution in [1.29, 1.82) is 0 Å². The standard InChI is InChI=1S/C18H30N2O/c1-5-10-19-13-16-9-11-20(4)18(16)15-7-6-8-17(12-15)21-14(2)3/h6-8,12,14,16,18-19H,5,9-11,13H2,1-4H3. The average molecular weight is 290 g/mol. The SMILES string of the molecule is CCCNCC1CCN(C)C1c1cccc(OC(C)C)c1. The van der Waals surface area contributed by atoms with Crippen molar-refractivity contribution in [2.45, 2.75) is 45.8 Å². The maximum Gasteiger partial charge on any atom is 0.120 e. The molecular formula is C18H30N2O. The van der Waals surface area contributed by atoms with Gasteiger partial charge in [-0.25, -0.2) is 0 Å². The first-order valence-electron chi connectivity index (χ1n) is 8.29. The Hall–Kier alpha value is -1.06. The molecule has 118 valence electrons. The summed E-state index contributed by atoms with van der Waals surface area (Å²) < 4.78 is 5.85. The molecule has 0 aromatic heterocycles. The lowest BCUT2D eigenvalue weighted by Gasteiger charge is -2.26. The molecule has 1 aliphatic rings. The second-order valence-corrected chi connectivity index (χ2v) is 6.42. The Labute approximate surface area is 129 Å². The van der Waals surface area contributed by atoms with E-state index in [1.807, 2.05) is 0 Å². The van der Waals surface area contributed by atoms with Gasteiger partial charge in [-0.15, -0.1) is 0 Å². The van der Waals surface area contributed by atoms with Gasteiger partial charge in [0.1, 0.15) is 5.75 Å². The van der Waals surface area contributed by atoms with Gasteiger partial charge in [0.05, 0.1) is 6.10 Å². The predicted molar refractivity (Wildman–Crippen MR) is 88.8 cm³/mol. The second kappa shape index (κ2) is 7.81. The molecule has 0 radical (unpaired) electrons. The van der Waals surface area contributed by atoms with Crippen molar-refractivity contribution in [2.24, 2.45) is 5.92 Å². The zero-order valence-electron chi connectivity index (χ0n) is 13.9. The molecule has 2 rings (SSSR count). The number of nitrogens with one attached hydrogen (secondary N) is 1. The van der Waals surface area contributed by atoms with Crippen LogP contribution in [0.4, 0.5) is 0 Å². The highest BCUT2D eigenvalue weighted by Crippen LogP contribution is 2.36. The van der Waals surface area contributed by atoms with Gasteiger partial charge in [-0.3, -0.25) is 4.90 Å². The van der Waals surface area contributed by atoms with E-state index in [-0.39, 0.29) is 6.10 Å². The molecule has 1 aliphatic heterocycles. The Morgan fingerprint density at radius 3 is 2.90 bits per heavy atom. The third kappa shape index (κ3) is 4.45. The predicted octanol–water partition coefficient (Wildman–Crippen LogP) is 3.47. The van der Waals surface area contributed by atoms with E-state index >= 15 is 0 Å². The maximum atomic E-state index is 5.85. The fourth-order valence-corrected chi connectivity index (χ4v) is 3.27. The zero-order chi connectivity index (χ0) is 15.2. The Bertz CT molecular complexity index is 433. The van der Waals surface area contributed by atoms with E-state index in [1.165, 1.54) is 24.9 Å². The number of likely N-dealkylation sites (tertiary alicyclic amines) is 1. The molecule has 2 atom stereocenters. The summed E-state index contributed by atoms with van der Waals surface area (Å²) in [5.74, 6) is 1.68. The molecule has 0 spiro atoms. The Morgan fingerprint density at radius 1 is 1.38 bits per heavy atom. The molecule has 1 aromatic rings. The molecule has 1 fully saturated rings. The Morgan fingerprint density at radius 2 is 2.19 bits per heavy atom. The quantitative estimate of drug-likeness (QED) is 0.778. The van der Waals surface area contributed by atoms with Gasteiger partial charge in [-0.2, -0.15) is 0 Å². The van der Waals surface area contributed by atoms with Crippen LogP contribution in [-0.4, -0.2) is 37.7 Å². The Balaban J connectivity index is 2.09. The summed E-state index contributed by atoms with van der Waals surface area (Å²) in [7, 11) is 2.24. The smallest absolute Gasteiger partial charge is 0.120 e. The van der Waals surface area contributed by atoms with Crippen LogP contribution in [0.3, 0.4) is 0 Å². The topological polar surface area (TPSA) is 24.5 Å². The molecule has 1 aromatic carbocycles. The van der Waals surface area contributed by atoms with Crippen LogP contribution in [0.5, 0.6) is 5.75 Å². The van der Waals surface area contributed by atoms with Gasteiger partial charge in [0.15, 0.2) is 0 Å². The van der Waals surface area contributed by atoms with Crippen LogP contribution in [0.1, 0.15) is 45.2 Å². The number of ether oxygens (including phenoxy) is 1. The van der Waals surface area contributed by atoms with Crippen molar-refractivity contribution >= 4 is 0 Å². The summed E-state index contributed by atoms with van der Waals surface area (Å²) in [5, 5.41) is 3.59. The van der Waals surface area contributed by atoms with Crippen LogP contribution >= 0.6 is 0 Å². The van der Waals surface area contributed by atoms with Gasteiger partial charge in [0, 0.05) is 6.04 Å². The largest absolute Gasteiger partial charge is 0.491 e. The highest BCUT2D eigenvalue weighted by molar-refractivity contribution is 5.31. The van der Waals surface area contributed by atoms with Crippen LogP contribution in [0.25, 0.3) is 0 Å². The lowest BCUT2D eigenvalue weighted by atomic mass is 9.93. The van der Waals surface area contributed by atoms with Crippen molar-refractivity contribution < 1.29 is 4.74 Å². The summed E-state index contributed by atoms with van der Waals surface area (Å²) in [6, 6.07) is 9.15. The first-order chi connectivity index (χ1) is 10.1. The maximum absolute atomic E-state index is 5.85. The van der Waals surface area contributed by atoms with Gasteiger partial charge in [0.2, 0.25) is 0 Å². The lowest BCUT2D eigenvalue weighted by molar-refractivity contribution is 0.239. The van der Waals surface area contributed by atoms with Crippen molar-refractivity contribution in [2.75, 3.05) is 26.7 Å². The normalized spacial score (nSPS) is 22.9. The molecule has 0 amide bonds. The van der Waals surface area contributed by atoms with Gasteiger partial charge >= 0.3 is 0 Å². The minimum Gasteiger partial charge on any atom is -0.491 e. The molecule has 1 heterocycles. The number of nitrogens with zero attached hydrogens (tertiary/aromatic N) is 1. The zero-order valence-corrected chi connectivity index (χ0v) is 13.9. The number of hydrogen-bond donors (Lipinski definition) is 1. The minimum absolute atomic E-state index is 0.226. The Kier molecular flexibility index (Phi) is 6.07. The summed E-state index contributed by atoms with van der Waals surface area (Å²) in [4.78, 5) is 2.48. The second-order valence-electron chi connectivity index (χ2n) is 6.42. The molecular weight excluding hydrogens is 260 g/mol. The molecule has 2 unspecified atom stereocenters. The highest BCUT2D eigenvalue weighted by Gasteiger charge is 2.32. The number of benzene rings is 1. The van der Waals surface area contributed by atoms with Gasteiger partial charge in [0.25, 0.3) is 0 Å². The number of rotatable bonds is 7. The minimum atomic E-state index is 0.226. The molecule has 0 bridgehead atoms. The molecule has 3 nitrogen and oxygen atoms in total. The lowest BCUT2D eigenvalue weighted by Crippen LogP contribution is -2.29. The third-order valence-corrected chi connectivity index (χ3v) is 4.18. The van der Waals surface area contributed by atoms with E-state index in [2.05, 4.69) is 62.3 Å². The van der Waals surface area contributed by atoms with Crippen LogP contribution in [-0.2, 0) is 0 Å². The first kappa shape index (κ1) is 16.3. The van der Waals surface area contributed by atoms with Crippen molar-refractivity contribution in [3.05, 3.63) is 29.8 Å². The van der Waals surface area contributed by atoms with Crippen molar-refractivity contribution in [3.8, 4) is 5.75 Å². The summed E-state index contributed by atoms with van der Waals surface area (Å²) in [6.07, 6.45) is 2.70. The fourth-order valence-electron chi connectivity index (χ4n) is 3.27. The van der Waals surface area contributed by atoms with Gasteiger partial charge in [-0.1, -0.05) is 19.1 Å². The van der Waals surface area contributed by atoms with E-state index in [0.29, 0.717) is 12.0 Å². The molecule has 0 saturated carbocycles. The van der Waals surface area contributed by atoms with E-state index in [9.17, 15) is 0 Å². The van der Waals surface area contributed by atoms with E-state index < -0.39 is 0 Å². The molecule has 3 heteroatoms. The van der Waals surface area contributed by atoms with Crippen LogP contribution in [0.15, 0.2) is 24.3 Å². The third-order valence-electron chi connectivity index (χ3n) is 4.18. The van der Waals surface area contributed by atoms with E-state index in [1.54, 1.807) is 0 Å². The van der Waals surface area contributed by atoms with Crippen LogP contribution in [0, 0.1) is 5.92 Å². The summed E-state index contributed by atoms with van der Waals surface area (Å²) in [6.45, 7) is 9.77. The summed E-state index contributed by atoms with van der Waals surface area (Å²) >= 11 is 0. The molecule has 0 aliphatic carbocycles. The van der Waals surface area contributed by atoms with Crippen molar-refractivity contribution in [1.82, 2.24) is 10.2 Å². The molecule has 1 N–H and O–H groups in total. The van der Waals surface area contributed by atoms with Gasteiger partial charge in [-0.05, 0) is 77.0 Å². The molecule has 1 saturated heterocycles. The fraction of sp³-hybridized carbons (Fsp3) is 0.667. The average Bonchev–Trinajstić information content (AvgIpc) is 2.80. The molecule has 21 heavy (non-hydrogen) atoms. The number of hydrogen-bond acceptors (Lipinski definition) is 3. The monoisotopic (exact) mass is 290 g/mol. The van der Waals surface area contributed by atoms with Gasteiger partial charge < -0.3 is 10.1 Å². The summed E-state index contributed by atoms with van der Waals surface area (Å²) in [5.41, 5.74) is 1.39. The van der Waals surface area contributed by atoms with E-state index in [0.717, 1.165) is 18.8 Å². The van der Waals surface area contributed by atoms with Crippen molar-refractivity contribution in [3.63, 3.8) is 0 Å².